The summed E-state index contributed by atoms with van der Waals surface area (Å²) in [6, 6.07) is 11.2. The van der Waals surface area contributed by atoms with Gasteiger partial charge < -0.3 is 5.11 Å². The van der Waals surface area contributed by atoms with Crippen molar-refractivity contribution in [1.82, 2.24) is 4.57 Å². The van der Waals surface area contributed by atoms with E-state index in [-0.39, 0.29) is 11.7 Å². The van der Waals surface area contributed by atoms with Gasteiger partial charge in [-0.25, -0.2) is 0 Å². The Hall–Kier alpha value is -2.03. The summed E-state index contributed by atoms with van der Waals surface area (Å²) in [4.78, 5) is 11.7. The molecule has 0 aliphatic heterocycles. The number of nitrogens with zero attached hydrogens (tertiary/aromatic N) is 1. The van der Waals surface area contributed by atoms with Crippen molar-refractivity contribution in [1.29, 1.82) is 0 Å². The Morgan fingerprint density at radius 1 is 1.36 bits per heavy atom. The topological polar surface area (TPSA) is 42.2 Å². The molecule has 0 bridgehead atoms. The average Bonchev–Trinajstić information content (AvgIpc) is 2.65. The minimum Gasteiger partial charge on any atom is -0.506 e. The van der Waals surface area contributed by atoms with Crippen LogP contribution in [0.4, 0.5) is 0 Å². The van der Waals surface area contributed by atoms with Crippen LogP contribution in [0.25, 0.3) is 0 Å². The zero-order valence-electron chi connectivity index (χ0n) is 7.34. The third kappa shape index (κ3) is 1.52. The molecule has 0 saturated carbocycles. The van der Waals surface area contributed by atoms with E-state index in [1.54, 1.807) is 24.3 Å². The van der Waals surface area contributed by atoms with E-state index in [1.165, 1.54) is 23.0 Å². The lowest BCUT2D eigenvalue weighted by Gasteiger charge is -1.99. The zero-order chi connectivity index (χ0) is 9.97. The number of carbonyl (C=O) groups excluding carboxylic acids is 1. The molecule has 14 heavy (non-hydrogen) atoms. The minimum atomic E-state index is -0.203. The van der Waals surface area contributed by atoms with E-state index in [9.17, 15) is 4.79 Å². The maximum Gasteiger partial charge on any atom is 0.262 e. The minimum absolute atomic E-state index is 0.0780. The summed E-state index contributed by atoms with van der Waals surface area (Å²) in [5.41, 5.74) is 0.475. The van der Waals surface area contributed by atoms with E-state index >= 15 is 0 Å². The molecule has 1 radical (unpaired) electrons. The van der Waals surface area contributed by atoms with Crippen LogP contribution in [0.1, 0.15) is 10.4 Å². The van der Waals surface area contributed by atoms with Crippen molar-refractivity contribution in [3.05, 3.63) is 54.4 Å². The summed E-state index contributed by atoms with van der Waals surface area (Å²) in [5, 5.41) is 9.07. The fourth-order valence-electron chi connectivity index (χ4n) is 1.18. The van der Waals surface area contributed by atoms with Crippen LogP contribution in [0.3, 0.4) is 0 Å². The van der Waals surface area contributed by atoms with Crippen molar-refractivity contribution < 1.29 is 9.90 Å². The van der Waals surface area contributed by atoms with E-state index in [4.69, 9.17) is 5.11 Å². The van der Waals surface area contributed by atoms with Crippen LogP contribution in [0.2, 0.25) is 0 Å². The standard InChI is InChI=1S/C11H8NO2/c13-10-6-7-12(8-10)11(14)9-4-2-1-3-5-9/h1-4,6-8,13H. The predicted molar refractivity (Wildman–Crippen MR) is 51.1 cm³/mol. The third-order valence-electron chi connectivity index (χ3n) is 1.85. The molecule has 3 nitrogen and oxygen atoms in total. The van der Waals surface area contributed by atoms with Crippen LogP contribution < -0.4 is 0 Å². The first kappa shape index (κ1) is 8.56. The van der Waals surface area contributed by atoms with Gasteiger partial charge in [0.05, 0.1) is 6.20 Å². The van der Waals surface area contributed by atoms with E-state index in [1.807, 2.05) is 0 Å². The molecule has 0 saturated heterocycles. The highest BCUT2D eigenvalue weighted by Gasteiger charge is 2.07. The second-order valence-electron chi connectivity index (χ2n) is 2.86. The lowest BCUT2D eigenvalue weighted by Crippen LogP contribution is -2.09. The molecule has 1 aromatic carbocycles. The summed E-state index contributed by atoms with van der Waals surface area (Å²) in [6.07, 6.45) is 2.88. The Morgan fingerprint density at radius 2 is 2.21 bits per heavy atom. The van der Waals surface area contributed by atoms with E-state index in [2.05, 4.69) is 6.07 Å². The molecule has 1 aromatic heterocycles. The highest BCUT2D eigenvalue weighted by atomic mass is 16.3. The van der Waals surface area contributed by atoms with Crippen molar-refractivity contribution in [2.45, 2.75) is 0 Å². The molecule has 0 amide bonds. The van der Waals surface area contributed by atoms with Crippen LogP contribution >= 0.6 is 0 Å². The SMILES string of the molecule is O=C(c1[c]cccc1)n1ccc(O)c1. The number of rotatable bonds is 1. The summed E-state index contributed by atoms with van der Waals surface area (Å²) < 4.78 is 1.32. The van der Waals surface area contributed by atoms with Gasteiger partial charge in [-0.15, -0.1) is 0 Å². The zero-order valence-corrected chi connectivity index (χ0v) is 7.34. The molecule has 0 aliphatic carbocycles. The van der Waals surface area contributed by atoms with Crippen LogP contribution in [-0.4, -0.2) is 15.6 Å². The maximum absolute atomic E-state index is 11.7. The maximum atomic E-state index is 11.7. The van der Waals surface area contributed by atoms with Gasteiger partial charge in [0.1, 0.15) is 5.75 Å². The second-order valence-corrected chi connectivity index (χ2v) is 2.86. The van der Waals surface area contributed by atoms with Gasteiger partial charge in [0.15, 0.2) is 0 Å². The molecular formula is C11H8NO2. The van der Waals surface area contributed by atoms with Crippen molar-refractivity contribution in [2.75, 3.05) is 0 Å². The van der Waals surface area contributed by atoms with Crippen molar-refractivity contribution >= 4 is 5.91 Å². The molecule has 69 valence electrons. The Bertz CT molecular complexity index is 445. The number of carbonyl (C=O) groups is 1. The fraction of sp³-hybridized carbons (Fsp3) is 0. The monoisotopic (exact) mass is 186 g/mol. The Morgan fingerprint density at radius 3 is 2.79 bits per heavy atom. The fourth-order valence-corrected chi connectivity index (χ4v) is 1.18. The molecule has 0 fully saturated rings. The summed E-state index contributed by atoms with van der Waals surface area (Å²) in [5.74, 6) is -0.125. The molecule has 0 atom stereocenters. The molecule has 0 aliphatic rings. The number of hydrogen-bond donors (Lipinski definition) is 1. The number of hydrogen-bond acceptors (Lipinski definition) is 2. The second kappa shape index (κ2) is 3.38. The van der Waals surface area contributed by atoms with Gasteiger partial charge in [-0.3, -0.25) is 9.36 Å². The first-order valence-corrected chi connectivity index (χ1v) is 4.16. The van der Waals surface area contributed by atoms with Crippen molar-refractivity contribution in [2.24, 2.45) is 0 Å². The number of aromatic hydroxyl groups is 1. The van der Waals surface area contributed by atoms with Crippen LogP contribution in [0.5, 0.6) is 5.75 Å². The van der Waals surface area contributed by atoms with Gasteiger partial charge in [0.2, 0.25) is 0 Å². The largest absolute Gasteiger partial charge is 0.506 e. The van der Waals surface area contributed by atoms with Gasteiger partial charge >= 0.3 is 0 Å². The molecule has 2 aromatic rings. The van der Waals surface area contributed by atoms with E-state index in [0.29, 0.717) is 5.56 Å². The van der Waals surface area contributed by atoms with Crippen LogP contribution in [0.15, 0.2) is 42.7 Å². The van der Waals surface area contributed by atoms with Crippen molar-refractivity contribution in [3.63, 3.8) is 0 Å². The number of benzene rings is 1. The van der Waals surface area contributed by atoms with E-state index < -0.39 is 0 Å². The highest BCUT2D eigenvalue weighted by molar-refractivity contribution is 5.95. The normalized spacial score (nSPS) is 10.0. The summed E-state index contributed by atoms with van der Waals surface area (Å²) >= 11 is 0. The van der Waals surface area contributed by atoms with Gasteiger partial charge in [-0.05, 0) is 18.2 Å². The summed E-state index contributed by atoms with van der Waals surface area (Å²) in [7, 11) is 0. The van der Waals surface area contributed by atoms with Gasteiger partial charge in [-0.2, -0.15) is 0 Å². The third-order valence-corrected chi connectivity index (χ3v) is 1.85. The van der Waals surface area contributed by atoms with Gasteiger partial charge in [-0.1, -0.05) is 18.2 Å². The van der Waals surface area contributed by atoms with Crippen molar-refractivity contribution in [3.8, 4) is 5.75 Å². The molecule has 3 heteroatoms. The molecule has 1 heterocycles. The molecule has 0 spiro atoms. The Balaban J connectivity index is 2.34. The van der Waals surface area contributed by atoms with Gasteiger partial charge in [0, 0.05) is 11.8 Å². The smallest absolute Gasteiger partial charge is 0.262 e. The Kier molecular flexibility index (Phi) is 2.07. The number of aromatic nitrogens is 1. The van der Waals surface area contributed by atoms with Crippen LogP contribution in [-0.2, 0) is 0 Å². The molecular weight excluding hydrogens is 178 g/mol. The first-order valence-electron chi connectivity index (χ1n) is 4.16. The lowest BCUT2D eigenvalue weighted by molar-refractivity contribution is 0.0959. The quantitative estimate of drug-likeness (QED) is 0.736. The van der Waals surface area contributed by atoms with Crippen LogP contribution in [0, 0.1) is 6.07 Å². The highest BCUT2D eigenvalue weighted by Crippen LogP contribution is 2.10. The predicted octanol–water partition coefficient (Wildman–Crippen LogP) is 1.68. The van der Waals surface area contributed by atoms with Gasteiger partial charge in [0.25, 0.3) is 5.91 Å². The summed E-state index contributed by atoms with van der Waals surface area (Å²) in [6.45, 7) is 0. The lowest BCUT2D eigenvalue weighted by atomic mass is 10.2. The molecule has 0 unspecified atom stereocenters. The van der Waals surface area contributed by atoms with E-state index in [0.717, 1.165) is 0 Å². The first-order chi connectivity index (χ1) is 6.77. The molecule has 1 N–H and O–H groups in total. The molecule has 2 rings (SSSR count). The Labute approximate surface area is 81.2 Å². The average molecular weight is 186 g/mol.